The van der Waals surface area contributed by atoms with Crippen molar-refractivity contribution in [3.63, 3.8) is 0 Å². The molecule has 0 spiro atoms. The Balaban J connectivity index is 1.59. The molecule has 2 aromatic rings. The van der Waals surface area contributed by atoms with E-state index in [0.29, 0.717) is 17.6 Å². The van der Waals surface area contributed by atoms with E-state index in [0.717, 1.165) is 13.1 Å². The summed E-state index contributed by atoms with van der Waals surface area (Å²) in [6.07, 6.45) is 3.58. The molecule has 0 amide bonds. The van der Waals surface area contributed by atoms with Gasteiger partial charge in [0.25, 0.3) is 5.69 Å². The molecule has 0 aromatic heterocycles. The minimum absolute atomic E-state index is 0.0548. The zero-order valence-electron chi connectivity index (χ0n) is 13.9. The van der Waals surface area contributed by atoms with Gasteiger partial charge in [-0.05, 0) is 48.1 Å². The molecule has 0 bridgehead atoms. The number of aryl methyl sites for hydroxylation is 1. The van der Waals surface area contributed by atoms with E-state index in [1.807, 2.05) is 0 Å². The van der Waals surface area contributed by atoms with Crippen LogP contribution in [0.1, 0.15) is 35.4 Å². The van der Waals surface area contributed by atoms with E-state index in [-0.39, 0.29) is 5.69 Å². The molecule has 6 nitrogen and oxygen atoms in total. The van der Waals surface area contributed by atoms with Crippen LogP contribution >= 0.6 is 0 Å². The normalized spacial score (nSPS) is 19.4. The summed E-state index contributed by atoms with van der Waals surface area (Å²) in [7, 11) is 0. The lowest BCUT2D eigenvalue weighted by Gasteiger charge is -2.38. The van der Waals surface area contributed by atoms with Crippen LogP contribution in [0.2, 0.25) is 0 Å². The summed E-state index contributed by atoms with van der Waals surface area (Å²) >= 11 is 0. The molecule has 1 heterocycles. The topological polar surface area (TPSA) is 84.8 Å². The molecule has 2 aromatic carbocycles. The molecule has 0 saturated carbocycles. The van der Waals surface area contributed by atoms with Crippen LogP contribution in [0.25, 0.3) is 0 Å². The van der Waals surface area contributed by atoms with Gasteiger partial charge < -0.3 is 10.6 Å². The van der Waals surface area contributed by atoms with E-state index in [2.05, 4.69) is 28.1 Å². The maximum Gasteiger partial charge on any atom is 0.269 e. The second-order valence-corrected chi connectivity index (χ2v) is 6.70. The summed E-state index contributed by atoms with van der Waals surface area (Å²) in [6, 6.07) is 12.7. The maximum atomic E-state index is 10.7. The molecule has 2 aliphatic rings. The molecule has 25 heavy (non-hydrogen) atoms. The van der Waals surface area contributed by atoms with Gasteiger partial charge in [0.2, 0.25) is 0 Å². The fourth-order valence-corrected chi connectivity index (χ4v) is 3.97. The molecule has 0 saturated heterocycles. The van der Waals surface area contributed by atoms with Gasteiger partial charge in [-0.1, -0.05) is 18.2 Å². The average molecular weight is 336 g/mol. The molecule has 1 aliphatic heterocycles. The lowest BCUT2D eigenvalue weighted by molar-refractivity contribution is -0.384. The SMILES string of the molecule is NC(=Nc1ccc([N+](=O)[O-])cc1)N1Cc2cccc3c2C(CCC3)C1. The molecule has 2 N–H and O–H groups in total. The highest BCUT2D eigenvalue weighted by molar-refractivity contribution is 5.81. The fraction of sp³-hybridized carbons (Fsp3) is 0.316. The second kappa shape index (κ2) is 6.20. The van der Waals surface area contributed by atoms with E-state index < -0.39 is 4.92 Å². The van der Waals surface area contributed by atoms with E-state index in [1.165, 1.54) is 48.1 Å². The van der Waals surface area contributed by atoms with Crippen molar-refractivity contribution in [2.24, 2.45) is 10.7 Å². The van der Waals surface area contributed by atoms with Crippen molar-refractivity contribution in [3.8, 4) is 0 Å². The van der Waals surface area contributed by atoms with Crippen molar-refractivity contribution in [2.45, 2.75) is 31.7 Å². The van der Waals surface area contributed by atoms with Gasteiger partial charge in [0.05, 0.1) is 10.6 Å². The van der Waals surface area contributed by atoms with Crippen LogP contribution in [0.5, 0.6) is 0 Å². The molecule has 1 aliphatic carbocycles. The Morgan fingerprint density at radius 2 is 1.96 bits per heavy atom. The van der Waals surface area contributed by atoms with Crippen LogP contribution in [-0.2, 0) is 13.0 Å². The summed E-state index contributed by atoms with van der Waals surface area (Å²) in [5.74, 6) is 0.981. The summed E-state index contributed by atoms with van der Waals surface area (Å²) in [5.41, 5.74) is 11.3. The van der Waals surface area contributed by atoms with Crippen LogP contribution in [-0.4, -0.2) is 22.3 Å². The highest BCUT2D eigenvalue weighted by atomic mass is 16.6. The number of nitrogens with two attached hydrogens (primary N) is 1. The number of benzene rings is 2. The number of hydrogen-bond acceptors (Lipinski definition) is 3. The van der Waals surface area contributed by atoms with Gasteiger partial charge in [-0.25, -0.2) is 4.99 Å². The van der Waals surface area contributed by atoms with Crippen LogP contribution < -0.4 is 5.73 Å². The van der Waals surface area contributed by atoms with Crippen molar-refractivity contribution in [3.05, 3.63) is 69.3 Å². The molecule has 128 valence electrons. The third-order valence-electron chi connectivity index (χ3n) is 5.12. The Kier molecular flexibility index (Phi) is 3.87. The molecule has 4 rings (SSSR count). The first-order valence-corrected chi connectivity index (χ1v) is 8.56. The quantitative estimate of drug-likeness (QED) is 0.394. The number of nitro benzene ring substituents is 1. The second-order valence-electron chi connectivity index (χ2n) is 6.70. The van der Waals surface area contributed by atoms with Crippen molar-refractivity contribution in [1.82, 2.24) is 4.90 Å². The Morgan fingerprint density at radius 1 is 1.20 bits per heavy atom. The van der Waals surface area contributed by atoms with Crippen LogP contribution in [0.15, 0.2) is 47.5 Å². The Hall–Kier alpha value is -2.89. The number of guanidine groups is 1. The highest BCUT2D eigenvalue weighted by Gasteiger charge is 2.30. The van der Waals surface area contributed by atoms with Gasteiger partial charge in [-0.3, -0.25) is 10.1 Å². The predicted molar refractivity (Wildman–Crippen MR) is 96.9 cm³/mol. The van der Waals surface area contributed by atoms with E-state index in [4.69, 9.17) is 5.73 Å². The summed E-state index contributed by atoms with van der Waals surface area (Å²) in [6.45, 7) is 1.65. The van der Waals surface area contributed by atoms with Crippen molar-refractivity contribution >= 4 is 17.3 Å². The van der Waals surface area contributed by atoms with Crippen LogP contribution in [0.4, 0.5) is 11.4 Å². The van der Waals surface area contributed by atoms with E-state index in [9.17, 15) is 10.1 Å². The number of aliphatic imine (C=N–C) groups is 1. The maximum absolute atomic E-state index is 10.7. The van der Waals surface area contributed by atoms with Crippen LogP contribution in [0, 0.1) is 10.1 Å². The molecule has 1 atom stereocenters. The van der Waals surface area contributed by atoms with Crippen molar-refractivity contribution < 1.29 is 4.92 Å². The van der Waals surface area contributed by atoms with Gasteiger partial charge in [0.15, 0.2) is 5.96 Å². The first-order chi connectivity index (χ1) is 12.1. The minimum atomic E-state index is -0.418. The smallest absolute Gasteiger partial charge is 0.269 e. The Bertz CT molecular complexity index is 845. The van der Waals surface area contributed by atoms with Gasteiger partial charge in [-0.2, -0.15) is 0 Å². The van der Waals surface area contributed by atoms with Crippen LogP contribution in [0.3, 0.4) is 0 Å². The number of nitrogens with zero attached hydrogens (tertiary/aromatic N) is 3. The van der Waals surface area contributed by atoms with Crippen molar-refractivity contribution in [1.29, 1.82) is 0 Å². The first-order valence-electron chi connectivity index (χ1n) is 8.56. The minimum Gasteiger partial charge on any atom is -0.369 e. The van der Waals surface area contributed by atoms with Gasteiger partial charge in [-0.15, -0.1) is 0 Å². The van der Waals surface area contributed by atoms with Gasteiger partial charge in [0, 0.05) is 31.1 Å². The van der Waals surface area contributed by atoms with Gasteiger partial charge in [0.1, 0.15) is 0 Å². The van der Waals surface area contributed by atoms with E-state index >= 15 is 0 Å². The lowest BCUT2D eigenvalue weighted by Crippen LogP contribution is -2.43. The molecule has 0 fully saturated rings. The largest absolute Gasteiger partial charge is 0.369 e. The number of hydrogen-bond donors (Lipinski definition) is 1. The highest BCUT2D eigenvalue weighted by Crippen LogP contribution is 2.38. The number of nitro groups is 1. The fourth-order valence-electron chi connectivity index (χ4n) is 3.97. The summed E-state index contributed by atoms with van der Waals surface area (Å²) in [5, 5.41) is 10.7. The monoisotopic (exact) mass is 336 g/mol. The Morgan fingerprint density at radius 3 is 2.72 bits per heavy atom. The summed E-state index contributed by atoms with van der Waals surface area (Å²) in [4.78, 5) is 16.9. The molecule has 1 unspecified atom stereocenters. The number of rotatable bonds is 2. The van der Waals surface area contributed by atoms with E-state index in [1.54, 1.807) is 12.1 Å². The molecule has 0 radical (unpaired) electrons. The zero-order valence-corrected chi connectivity index (χ0v) is 13.9. The molecular formula is C19H20N4O2. The predicted octanol–water partition coefficient (Wildman–Crippen LogP) is 3.48. The zero-order chi connectivity index (χ0) is 17.4. The van der Waals surface area contributed by atoms with Crippen molar-refractivity contribution in [2.75, 3.05) is 6.54 Å². The van der Waals surface area contributed by atoms with Gasteiger partial charge >= 0.3 is 0 Å². The first kappa shape index (κ1) is 15.6. The Labute approximate surface area is 146 Å². The average Bonchev–Trinajstić information content (AvgIpc) is 2.62. The number of non-ortho nitro benzene ring substituents is 1. The molecular weight excluding hydrogens is 316 g/mol. The standard InChI is InChI=1S/C19H20N4O2/c20-19(21-16-7-9-17(10-8-16)23(24)25)22-11-14-5-1-3-13-4-2-6-15(12-22)18(13)14/h1,3,5,7-10,15H,2,4,6,11-12H2,(H2,20,21). The third kappa shape index (κ3) is 2.95. The lowest BCUT2D eigenvalue weighted by atomic mass is 9.78. The molecule has 6 heteroatoms. The summed E-state index contributed by atoms with van der Waals surface area (Å²) < 4.78 is 0. The third-order valence-corrected chi connectivity index (χ3v) is 5.12.